The average molecular weight is 566 g/mol. The molecule has 3 aromatic rings. The van der Waals surface area contributed by atoms with Crippen LogP contribution in [0.5, 0.6) is 11.5 Å². The molecule has 0 bridgehead atoms. The maximum absolute atomic E-state index is 13.4. The van der Waals surface area contributed by atoms with Crippen LogP contribution in [0.25, 0.3) is 6.08 Å². The summed E-state index contributed by atoms with van der Waals surface area (Å²) in [6.07, 6.45) is 2.71. The highest BCUT2D eigenvalue weighted by atomic mass is 79.9. The predicted octanol–water partition coefficient (Wildman–Crippen LogP) is 7.75. The van der Waals surface area contributed by atoms with E-state index in [0.29, 0.717) is 28.2 Å². The minimum atomic E-state index is -0.0458. The molecule has 1 aliphatic heterocycles. The van der Waals surface area contributed by atoms with Gasteiger partial charge in [0, 0.05) is 10.5 Å². The van der Waals surface area contributed by atoms with E-state index in [0.717, 1.165) is 27.7 Å². The number of benzene rings is 3. The molecular weight excluding hydrogens is 536 g/mol. The number of carbonyl (C=O) groups excluding carboxylic acids is 1. The van der Waals surface area contributed by atoms with Gasteiger partial charge in [0.15, 0.2) is 16.7 Å². The SMILES string of the molecule is CC[C@H](C)N1C(=O)/C(=C\c2cc(OC)c(OCc3ccccc3)cc2Br)SC1=Nc1ccc(C)cc1. The number of rotatable bonds is 8. The third kappa shape index (κ3) is 6.02. The van der Waals surface area contributed by atoms with Crippen molar-refractivity contribution in [2.24, 2.45) is 4.99 Å². The molecule has 0 spiro atoms. The Labute approximate surface area is 225 Å². The molecule has 1 fully saturated rings. The van der Waals surface area contributed by atoms with Crippen molar-refractivity contribution in [1.29, 1.82) is 0 Å². The van der Waals surface area contributed by atoms with E-state index in [2.05, 4.69) is 22.9 Å². The van der Waals surface area contributed by atoms with Gasteiger partial charge in [-0.3, -0.25) is 9.69 Å². The van der Waals surface area contributed by atoms with Crippen LogP contribution in [0.15, 0.2) is 81.1 Å². The number of hydrogen-bond acceptors (Lipinski definition) is 5. The summed E-state index contributed by atoms with van der Waals surface area (Å²) in [4.78, 5) is 20.6. The second-order valence-electron chi connectivity index (χ2n) is 8.57. The first-order valence-corrected chi connectivity index (χ1v) is 13.4. The molecule has 0 unspecified atom stereocenters. The molecule has 186 valence electrons. The lowest BCUT2D eigenvalue weighted by atomic mass is 10.1. The first-order valence-electron chi connectivity index (χ1n) is 11.8. The molecule has 0 aliphatic carbocycles. The molecule has 1 atom stereocenters. The topological polar surface area (TPSA) is 51.1 Å². The zero-order chi connectivity index (χ0) is 25.7. The summed E-state index contributed by atoms with van der Waals surface area (Å²) in [6.45, 7) is 6.59. The van der Waals surface area contributed by atoms with Crippen LogP contribution in [0.4, 0.5) is 5.69 Å². The molecule has 0 aromatic heterocycles. The lowest BCUT2D eigenvalue weighted by Crippen LogP contribution is -2.36. The maximum Gasteiger partial charge on any atom is 0.267 e. The summed E-state index contributed by atoms with van der Waals surface area (Å²) in [5.41, 5.74) is 3.90. The second-order valence-corrected chi connectivity index (χ2v) is 10.4. The molecular formula is C29H29BrN2O3S. The van der Waals surface area contributed by atoms with E-state index in [1.54, 1.807) is 12.0 Å². The van der Waals surface area contributed by atoms with Crippen molar-refractivity contribution in [3.8, 4) is 11.5 Å². The lowest BCUT2D eigenvalue weighted by Gasteiger charge is -2.22. The molecule has 1 aliphatic rings. The highest BCUT2D eigenvalue weighted by Gasteiger charge is 2.36. The second kappa shape index (κ2) is 11.8. The van der Waals surface area contributed by atoms with Crippen LogP contribution >= 0.6 is 27.7 Å². The normalized spacial score (nSPS) is 16.6. The van der Waals surface area contributed by atoms with Gasteiger partial charge < -0.3 is 9.47 Å². The number of amidine groups is 1. The quantitative estimate of drug-likeness (QED) is 0.262. The predicted molar refractivity (Wildman–Crippen MR) is 152 cm³/mol. The molecule has 4 rings (SSSR count). The molecule has 1 heterocycles. The van der Waals surface area contributed by atoms with Crippen LogP contribution < -0.4 is 9.47 Å². The van der Waals surface area contributed by atoms with Crippen molar-refractivity contribution >= 4 is 50.5 Å². The van der Waals surface area contributed by atoms with Gasteiger partial charge in [-0.25, -0.2) is 4.99 Å². The van der Waals surface area contributed by atoms with Crippen LogP contribution in [0, 0.1) is 6.92 Å². The molecule has 7 heteroatoms. The van der Waals surface area contributed by atoms with Crippen molar-refractivity contribution in [2.75, 3.05) is 7.11 Å². The van der Waals surface area contributed by atoms with Crippen LogP contribution in [-0.2, 0) is 11.4 Å². The van der Waals surface area contributed by atoms with Gasteiger partial charge in [-0.05, 0) is 73.5 Å². The van der Waals surface area contributed by atoms with E-state index in [1.807, 2.05) is 86.7 Å². The molecule has 0 N–H and O–H groups in total. The van der Waals surface area contributed by atoms with Gasteiger partial charge in [0.05, 0.1) is 17.7 Å². The highest BCUT2D eigenvalue weighted by Crippen LogP contribution is 2.39. The molecule has 3 aromatic carbocycles. The number of methoxy groups -OCH3 is 1. The fourth-order valence-electron chi connectivity index (χ4n) is 3.68. The molecule has 5 nitrogen and oxygen atoms in total. The van der Waals surface area contributed by atoms with Gasteiger partial charge in [0.25, 0.3) is 5.91 Å². The Bertz CT molecular complexity index is 1290. The zero-order valence-corrected chi connectivity index (χ0v) is 23.2. The first kappa shape index (κ1) is 26.0. The van der Waals surface area contributed by atoms with Crippen LogP contribution in [0.1, 0.15) is 37.0 Å². The number of aryl methyl sites for hydroxylation is 1. The highest BCUT2D eigenvalue weighted by molar-refractivity contribution is 9.10. The Morgan fingerprint density at radius 1 is 1.08 bits per heavy atom. The van der Waals surface area contributed by atoms with Crippen LogP contribution in [0.2, 0.25) is 0 Å². The summed E-state index contributed by atoms with van der Waals surface area (Å²) < 4.78 is 12.4. The summed E-state index contributed by atoms with van der Waals surface area (Å²) >= 11 is 5.05. The molecule has 0 saturated carbocycles. The van der Waals surface area contributed by atoms with E-state index < -0.39 is 0 Å². The Kier molecular flexibility index (Phi) is 8.54. The lowest BCUT2D eigenvalue weighted by molar-refractivity contribution is -0.123. The minimum Gasteiger partial charge on any atom is -0.493 e. The van der Waals surface area contributed by atoms with Gasteiger partial charge in [0.2, 0.25) is 0 Å². The fraction of sp³-hybridized carbons (Fsp3) is 0.241. The van der Waals surface area contributed by atoms with E-state index in [-0.39, 0.29) is 11.9 Å². The standard InChI is InChI=1S/C29H29BrN2O3S/c1-5-20(3)32-28(33)27(36-29(32)31-23-13-11-19(2)12-14-23)16-22-15-25(34-4)26(17-24(22)30)35-18-21-9-7-6-8-10-21/h6-17,20H,5,18H2,1-4H3/b27-16+,31-29?/t20-/m0/s1. The zero-order valence-electron chi connectivity index (χ0n) is 20.8. The van der Waals surface area contributed by atoms with E-state index >= 15 is 0 Å². The van der Waals surface area contributed by atoms with Crippen molar-refractivity contribution in [1.82, 2.24) is 4.90 Å². The van der Waals surface area contributed by atoms with Crippen molar-refractivity contribution in [2.45, 2.75) is 39.8 Å². The number of ether oxygens (including phenoxy) is 2. The minimum absolute atomic E-state index is 0.0341. The Morgan fingerprint density at radius 3 is 2.47 bits per heavy atom. The van der Waals surface area contributed by atoms with E-state index in [9.17, 15) is 4.79 Å². The van der Waals surface area contributed by atoms with E-state index in [1.165, 1.54) is 17.3 Å². The van der Waals surface area contributed by atoms with Crippen molar-refractivity contribution in [3.63, 3.8) is 0 Å². The number of thioether (sulfide) groups is 1. The maximum atomic E-state index is 13.4. The third-order valence-electron chi connectivity index (χ3n) is 5.93. The molecule has 1 amide bonds. The van der Waals surface area contributed by atoms with Crippen LogP contribution in [-0.4, -0.2) is 29.1 Å². The number of aliphatic imine (C=N–C) groups is 1. The monoisotopic (exact) mass is 564 g/mol. The number of hydrogen-bond donors (Lipinski definition) is 0. The third-order valence-corrected chi connectivity index (χ3v) is 7.60. The Hall–Kier alpha value is -3.03. The van der Waals surface area contributed by atoms with E-state index in [4.69, 9.17) is 14.5 Å². The Morgan fingerprint density at radius 2 is 1.81 bits per heavy atom. The summed E-state index contributed by atoms with van der Waals surface area (Å²) in [6, 6.07) is 21.8. The average Bonchev–Trinajstić information content (AvgIpc) is 3.19. The van der Waals surface area contributed by atoms with Crippen LogP contribution in [0.3, 0.4) is 0 Å². The molecule has 0 radical (unpaired) electrons. The molecule has 36 heavy (non-hydrogen) atoms. The van der Waals surface area contributed by atoms with Gasteiger partial charge in [-0.2, -0.15) is 0 Å². The number of nitrogens with zero attached hydrogens (tertiary/aromatic N) is 2. The summed E-state index contributed by atoms with van der Waals surface area (Å²) in [5, 5.41) is 0.690. The van der Waals surface area contributed by atoms with Gasteiger partial charge in [0.1, 0.15) is 6.61 Å². The number of carbonyl (C=O) groups is 1. The van der Waals surface area contributed by atoms with Crippen molar-refractivity contribution in [3.05, 3.63) is 92.8 Å². The Balaban J connectivity index is 1.63. The van der Waals surface area contributed by atoms with Gasteiger partial charge in [-0.1, -0.05) is 70.9 Å². The fourth-order valence-corrected chi connectivity index (χ4v) is 5.19. The number of halogens is 1. The summed E-state index contributed by atoms with van der Waals surface area (Å²) in [5.74, 6) is 1.18. The van der Waals surface area contributed by atoms with Gasteiger partial charge >= 0.3 is 0 Å². The smallest absolute Gasteiger partial charge is 0.267 e. The van der Waals surface area contributed by atoms with Crippen molar-refractivity contribution < 1.29 is 14.3 Å². The first-order chi connectivity index (χ1) is 17.4. The number of amides is 1. The van der Waals surface area contributed by atoms with Gasteiger partial charge in [-0.15, -0.1) is 0 Å². The molecule has 1 saturated heterocycles. The summed E-state index contributed by atoms with van der Waals surface area (Å²) in [7, 11) is 1.61. The largest absolute Gasteiger partial charge is 0.493 e.